The number of carbonyl (C=O) groups is 1. The third kappa shape index (κ3) is 2.70. The Balaban J connectivity index is 3.39. The van der Waals surface area contributed by atoms with E-state index in [1.165, 1.54) is 12.1 Å². The maximum atomic E-state index is 13.4. The van der Waals surface area contributed by atoms with Crippen LogP contribution in [0, 0.1) is 5.82 Å². The molecule has 0 bridgehead atoms. The summed E-state index contributed by atoms with van der Waals surface area (Å²) < 4.78 is 13.4. The first kappa shape index (κ1) is 14.6. The molecule has 0 fully saturated rings. The molecule has 0 aliphatic carbocycles. The Morgan fingerprint density at radius 2 is 2.06 bits per heavy atom. The molecule has 1 rings (SSSR count). The van der Waals surface area contributed by atoms with E-state index in [-0.39, 0.29) is 12.2 Å². The van der Waals surface area contributed by atoms with E-state index in [0.717, 1.165) is 0 Å². The van der Waals surface area contributed by atoms with Gasteiger partial charge in [-0.2, -0.15) is 0 Å². The Kier molecular flexibility index (Phi) is 4.12. The van der Waals surface area contributed by atoms with E-state index in [1.54, 1.807) is 26.0 Å². The maximum Gasteiger partial charge on any atom is 0.304 e. The smallest absolute Gasteiger partial charge is 0.304 e. The lowest BCUT2D eigenvalue weighted by Gasteiger charge is -2.43. The van der Waals surface area contributed by atoms with Crippen LogP contribution < -0.4 is 5.73 Å². The Labute approximate surface area is 107 Å². The van der Waals surface area contributed by atoms with Crippen molar-refractivity contribution in [3.05, 3.63) is 35.6 Å². The maximum absolute atomic E-state index is 13.4. The summed E-state index contributed by atoms with van der Waals surface area (Å²) in [6.07, 6.45) is 0.419. The van der Waals surface area contributed by atoms with E-state index < -0.39 is 16.9 Å². The van der Waals surface area contributed by atoms with Crippen molar-refractivity contribution < 1.29 is 14.3 Å². The van der Waals surface area contributed by atoms with Gasteiger partial charge in [0.15, 0.2) is 0 Å². The van der Waals surface area contributed by atoms with Crippen LogP contribution in [0.2, 0.25) is 0 Å². The second-order valence-electron chi connectivity index (χ2n) is 5.24. The second-order valence-corrected chi connectivity index (χ2v) is 5.24. The van der Waals surface area contributed by atoms with E-state index in [0.29, 0.717) is 12.0 Å². The quantitative estimate of drug-likeness (QED) is 0.848. The van der Waals surface area contributed by atoms with Crippen LogP contribution in [-0.4, -0.2) is 16.6 Å². The minimum Gasteiger partial charge on any atom is -0.481 e. The predicted octanol–water partition coefficient (Wildman–Crippen LogP) is 2.69. The van der Waals surface area contributed by atoms with Gasteiger partial charge in [0.25, 0.3) is 0 Å². The number of aliphatic carboxylic acids is 1. The molecule has 0 saturated heterocycles. The van der Waals surface area contributed by atoms with Crippen molar-refractivity contribution in [3.8, 4) is 0 Å². The lowest BCUT2D eigenvalue weighted by atomic mass is 9.63. The summed E-state index contributed by atoms with van der Waals surface area (Å²) in [4.78, 5) is 11.1. The molecule has 18 heavy (non-hydrogen) atoms. The molecule has 0 amide bonds. The van der Waals surface area contributed by atoms with Gasteiger partial charge in [-0.05, 0) is 38.0 Å². The molecule has 0 aliphatic heterocycles. The lowest BCUT2D eigenvalue weighted by Crippen LogP contribution is -2.54. The first-order valence-electron chi connectivity index (χ1n) is 5.99. The van der Waals surface area contributed by atoms with Gasteiger partial charge in [-0.25, -0.2) is 4.39 Å². The summed E-state index contributed by atoms with van der Waals surface area (Å²) in [5.74, 6) is -1.31. The number of hydrogen-bond donors (Lipinski definition) is 2. The minimum absolute atomic E-state index is 0.115. The molecular formula is C14H20FNO2. The van der Waals surface area contributed by atoms with Crippen molar-refractivity contribution >= 4 is 5.97 Å². The van der Waals surface area contributed by atoms with Gasteiger partial charge in [0, 0.05) is 11.0 Å². The van der Waals surface area contributed by atoms with Gasteiger partial charge in [0.2, 0.25) is 0 Å². The second kappa shape index (κ2) is 5.06. The largest absolute Gasteiger partial charge is 0.481 e. The van der Waals surface area contributed by atoms with Gasteiger partial charge in [-0.3, -0.25) is 4.79 Å². The number of rotatable bonds is 5. The van der Waals surface area contributed by atoms with Gasteiger partial charge in [0.05, 0.1) is 6.42 Å². The molecule has 0 spiro atoms. The number of carboxylic acid groups (broad SMARTS) is 1. The van der Waals surface area contributed by atoms with Gasteiger partial charge < -0.3 is 10.8 Å². The molecule has 3 nitrogen and oxygen atoms in total. The van der Waals surface area contributed by atoms with Crippen molar-refractivity contribution in [1.82, 2.24) is 0 Å². The highest BCUT2D eigenvalue weighted by Gasteiger charge is 2.44. The van der Waals surface area contributed by atoms with E-state index >= 15 is 0 Å². The third-order valence-electron chi connectivity index (χ3n) is 3.67. The summed E-state index contributed by atoms with van der Waals surface area (Å²) in [5.41, 5.74) is 5.28. The van der Waals surface area contributed by atoms with Crippen molar-refractivity contribution in [2.24, 2.45) is 5.73 Å². The SMILES string of the molecule is CCC(CC(=O)O)(c1cccc(F)c1)C(C)(C)N. The molecule has 3 N–H and O–H groups in total. The molecule has 4 heteroatoms. The molecule has 100 valence electrons. The normalized spacial score (nSPS) is 15.2. The van der Waals surface area contributed by atoms with Crippen molar-refractivity contribution in [2.75, 3.05) is 0 Å². The predicted molar refractivity (Wildman–Crippen MR) is 68.9 cm³/mol. The van der Waals surface area contributed by atoms with Crippen molar-refractivity contribution in [3.63, 3.8) is 0 Å². The van der Waals surface area contributed by atoms with Crippen LogP contribution >= 0.6 is 0 Å². The van der Waals surface area contributed by atoms with Crippen molar-refractivity contribution in [2.45, 2.75) is 44.6 Å². The summed E-state index contributed by atoms with van der Waals surface area (Å²) in [7, 11) is 0. The fourth-order valence-electron chi connectivity index (χ4n) is 2.53. The van der Waals surface area contributed by atoms with Crippen LogP contribution in [-0.2, 0) is 10.2 Å². The zero-order valence-electron chi connectivity index (χ0n) is 11.0. The Morgan fingerprint density at radius 3 is 2.44 bits per heavy atom. The molecule has 0 aromatic heterocycles. The topological polar surface area (TPSA) is 63.3 Å². The number of nitrogens with two attached hydrogens (primary N) is 1. The molecule has 0 radical (unpaired) electrons. The summed E-state index contributed by atoms with van der Waals surface area (Å²) in [5, 5.41) is 9.12. The van der Waals surface area contributed by atoms with Crippen LogP contribution in [0.25, 0.3) is 0 Å². The van der Waals surface area contributed by atoms with E-state index in [4.69, 9.17) is 10.8 Å². The summed E-state index contributed by atoms with van der Waals surface area (Å²) >= 11 is 0. The molecule has 0 heterocycles. The van der Waals surface area contributed by atoms with Gasteiger partial charge >= 0.3 is 5.97 Å². The zero-order valence-corrected chi connectivity index (χ0v) is 11.0. The molecule has 0 aliphatic rings. The van der Waals surface area contributed by atoms with Crippen LogP contribution in [0.15, 0.2) is 24.3 Å². The van der Waals surface area contributed by atoms with E-state index in [1.807, 2.05) is 6.92 Å². The summed E-state index contributed by atoms with van der Waals surface area (Å²) in [6.45, 7) is 5.44. The zero-order chi connectivity index (χ0) is 14.0. The van der Waals surface area contributed by atoms with Crippen LogP contribution in [0.1, 0.15) is 39.2 Å². The first-order chi connectivity index (χ1) is 8.23. The fourth-order valence-corrected chi connectivity index (χ4v) is 2.53. The number of hydrogen-bond acceptors (Lipinski definition) is 2. The highest BCUT2D eigenvalue weighted by Crippen LogP contribution is 2.40. The van der Waals surface area contributed by atoms with Crippen LogP contribution in [0.4, 0.5) is 4.39 Å². The molecule has 1 atom stereocenters. The fraction of sp³-hybridized carbons (Fsp3) is 0.500. The highest BCUT2D eigenvalue weighted by atomic mass is 19.1. The van der Waals surface area contributed by atoms with Crippen LogP contribution in [0.5, 0.6) is 0 Å². The lowest BCUT2D eigenvalue weighted by molar-refractivity contribution is -0.139. The highest BCUT2D eigenvalue weighted by molar-refractivity contribution is 5.69. The molecule has 1 aromatic rings. The van der Waals surface area contributed by atoms with Gasteiger partial charge in [-0.1, -0.05) is 19.1 Å². The van der Waals surface area contributed by atoms with E-state index in [2.05, 4.69) is 0 Å². The third-order valence-corrected chi connectivity index (χ3v) is 3.67. The monoisotopic (exact) mass is 253 g/mol. The molecule has 0 saturated carbocycles. The standard InChI is InChI=1S/C14H20FNO2/c1-4-14(9-12(17)18,13(2,3)16)10-6-5-7-11(15)8-10/h5-8H,4,9,16H2,1-3H3,(H,17,18). The average Bonchev–Trinajstić information content (AvgIpc) is 2.23. The molecule has 1 aromatic carbocycles. The van der Waals surface area contributed by atoms with Gasteiger partial charge in [-0.15, -0.1) is 0 Å². The average molecular weight is 253 g/mol. The van der Waals surface area contributed by atoms with E-state index in [9.17, 15) is 9.18 Å². The Bertz CT molecular complexity index is 440. The molecular weight excluding hydrogens is 233 g/mol. The Hall–Kier alpha value is -1.42. The first-order valence-corrected chi connectivity index (χ1v) is 5.99. The number of benzene rings is 1. The van der Waals surface area contributed by atoms with Crippen LogP contribution in [0.3, 0.4) is 0 Å². The number of halogens is 1. The molecule has 1 unspecified atom stereocenters. The van der Waals surface area contributed by atoms with Crippen molar-refractivity contribution in [1.29, 1.82) is 0 Å². The Morgan fingerprint density at radius 1 is 1.44 bits per heavy atom. The minimum atomic E-state index is -0.931. The number of carboxylic acids is 1. The summed E-state index contributed by atoms with van der Waals surface area (Å²) in [6, 6.07) is 6.04. The van der Waals surface area contributed by atoms with Gasteiger partial charge in [0.1, 0.15) is 5.82 Å².